The van der Waals surface area contributed by atoms with E-state index in [9.17, 15) is 14.4 Å². The van der Waals surface area contributed by atoms with Crippen LogP contribution in [0.1, 0.15) is 27.9 Å². The van der Waals surface area contributed by atoms with Crippen LogP contribution in [-0.2, 0) is 16.1 Å². The number of aryl methyl sites for hydroxylation is 1. The molecule has 1 unspecified atom stereocenters. The van der Waals surface area contributed by atoms with E-state index in [1.165, 1.54) is 17.0 Å². The maximum Gasteiger partial charge on any atom is 0.335 e. The highest BCUT2D eigenvalue weighted by Gasteiger charge is 2.35. The number of hydrogen-bond acceptors (Lipinski definition) is 4. The van der Waals surface area contributed by atoms with E-state index in [0.29, 0.717) is 17.0 Å². The monoisotopic (exact) mass is 355 g/mol. The van der Waals surface area contributed by atoms with Crippen molar-refractivity contribution in [1.29, 1.82) is 0 Å². The van der Waals surface area contributed by atoms with Gasteiger partial charge in [0.15, 0.2) is 6.10 Å². The Labute approximate surface area is 149 Å². The second-order valence-corrected chi connectivity index (χ2v) is 6.11. The lowest BCUT2D eigenvalue weighted by atomic mass is 10.1. The Morgan fingerprint density at radius 1 is 1.15 bits per heavy atom. The fourth-order valence-corrected chi connectivity index (χ4v) is 2.87. The second-order valence-electron chi connectivity index (χ2n) is 6.11. The summed E-state index contributed by atoms with van der Waals surface area (Å²) in [6.07, 6.45) is -1.57. The van der Waals surface area contributed by atoms with Crippen molar-refractivity contribution in [3.8, 4) is 5.75 Å². The molecular weight excluding hydrogens is 338 g/mol. The number of benzene rings is 2. The molecule has 2 aromatic carbocycles. The number of carboxylic acids is 2. The van der Waals surface area contributed by atoms with Crippen molar-refractivity contribution in [2.75, 3.05) is 4.90 Å². The molecule has 3 rings (SSSR count). The Kier molecular flexibility index (Phi) is 4.62. The normalized spacial score (nSPS) is 16.0. The second kappa shape index (κ2) is 6.87. The van der Waals surface area contributed by atoms with Crippen LogP contribution in [-0.4, -0.2) is 34.2 Å². The predicted octanol–water partition coefficient (Wildman–Crippen LogP) is 2.46. The first kappa shape index (κ1) is 17.5. The number of rotatable bonds is 5. The van der Waals surface area contributed by atoms with E-state index in [1.54, 1.807) is 24.3 Å². The molecule has 7 nitrogen and oxygen atoms in total. The first-order chi connectivity index (χ1) is 12.3. The van der Waals surface area contributed by atoms with Gasteiger partial charge in [0.1, 0.15) is 5.75 Å². The van der Waals surface area contributed by atoms with Crippen molar-refractivity contribution in [3.05, 3.63) is 59.2 Å². The van der Waals surface area contributed by atoms with Gasteiger partial charge in [0, 0.05) is 0 Å². The number of anilines is 1. The van der Waals surface area contributed by atoms with Crippen molar-refractivity contribution < 1.29 is 29.3 Å². The highest BCUT2D eigenvalue weighted by Crippen LogP contribution is 2.36. The number of ether oxygens (including phenoxy) is 1. The summed E-state index contributed by atoms with van der Waals surface area (Å²) in [5.41, 5.74) is 2.19. The van der Waals surface area contributed by atoms with Crippen molar-refractivity contribution in [2.45, 2.75) is 26.0 Å². The fraction of sp³-hybridized carbons (Fsp3) is 0.211. The van der Waals surface area contributed by atoms with E-state index < -0.39 is 30.4 Å². The molecule has 0 bridgehead atoms. The molecule has 0 saturated heterocycles. The molecule has 2 aromatic rings. The zero-order chi connectivity index (χ0) is 18.8. The van der Waals surface area contributed by atoms with Gasteiger partial charge in [0.25, 0.3) is 5.91 Å². The Balaban J connectivity index is 1.98. The number of carbonyl (C=O) groups is 3. The van der Waals surface area contributed by atoms with E-state index in [-0.39, 0.29) is 12.1 Å². The van der Waals surface area contributed by atoms with E-state index >= 15 is 0 Å². The fourth-order valence-electron chi connectivity index (χ4n) is 2.87. The highest BCUT2D eigenvalue weighted by molar-refractivity contribution is 6.01. The van der Waals surface area contributed by atoms with E-state index in [4.69, 9.17) is 14.9 Å². The molecule has 1 heterocycles. The van der Waals surface area contributed by atoms with Crippen molar-refractivity contribution >= 4 is 23.5 Å². The molecule has 134 valence electrons. The third-order valence-electron chi connectivity index (χ3n) is 4.09. The summed E-state index contributed by atoms with van der Waals surface area (Å²) in [6.45, 7) is 1.99. The first-order valence-electron chi connectivity index (χ1n) is 7.98. The number of fused-ring (bicyclic) bond motifs is 1. The van der Waals surface area contributed by atoms with Gasteiger partial charge in [-0.15, -0.1) is 0 Å². The third kappa shape index (κ3) is 3.51. The largest absolute Gasteiger partial charge is 0.481 e. The molecule has 0 radical (unpaired) electrons. The summed E-state index contributed by atoms with van der Waals surface area (Å²) in [4.78, 5) is 36.4. The summed E-state index contributed by atoms with van der Waals surface area (Å²) in [7, 11) is 0. The summed E-state index contributed by atoms with van der Waals surface area (Å²) < 4.78 is 5.60. The quantitative estimate of drug-likeness (QED) is 0.854. The zero-order valence-corrected chi connectivity index (χ0v) is 14.0. The average molecular weight is 355 g/mol. The summed E-state index contributed by atoms with van der Waals surface area (Å²) in [6, 6.07) is 11.6. The lowest BCUT2D eigenvalue weighted by Crippen LogP contribution is -2.46. The van der Waals surface area contributed by atoms with Gasteiger partial charge in [-0.2, -0.15) is 0 Å². The average Bonchev–Trinajstić information content (AvgIpc) is 2.58. The molecule has 26 heavy (non-hydrogen) atoms. The van der Waals surface area contributed by atoms with Gasteiger partial charge in [0.2, 0.25) is 0 Å². The Morgan fingerprint density at radius 3 is 2.62 bits per heavy atom. The maximum atomic E-state index is 12.8. The molecule has 1 aliphatic heterocycles. The van der Waals surface area contributed by atoms with Gasteiger partial charge in [-0.3, -0.25) is 9.59 Å². The molecule has 0 spiro atoms. The molecule has 0 saturated carbocycles. The minimum absolute atomic E-state index is 0.120. The van der Waals surface area contributed by atoms with Gasteiger partial charge in [-0.1, -0.05) is 18.2 Å². The molecule has 0 aliphatic carbocycles. The van der Waals surface area contributed by atoms with Crippen LogP contribution in [0.4, 0.5) is 5.69 Å². The molecule has 1 aliphatic rings. The lowest BCUT2D eigenvalue weighted by Gasteiger charge is -2.34. The van der Waals surface area contributed by atoms with Gasteiger partial charge in [-0.05, 0) is 42.3 Å². The third-order valence-corrected chi connectivity index (χ3v) is 4.09. The minimum Gasteiger partial charge on any atom is -0.481 e. The summed E-state index contributed by atoms with van der Waals surface area (Å²) in [5.74, 6) is -2.22. The van der Waals surface area contributed by atoms with Crippen LogP contribution in [0.2, 0.25) is 0 Å². The lowest BCUT2D eigenvalue weighted by molar-refractivity contribution is -0.142. The SMILES string of the molecule is Cc1ccc2c(c1)OC(CC(=O)O)C(=O)N2Cc1cccc(C(=O)O)c1. The minimum atomic E-state index is -1.13. The van der Waals surface area contributed by atoms with Crippen LogP contribution in [0.3, 0.4) is 0 Å². The molecule has 1 amide bonds. The van der Waals surface area contributed by atoms with Crippen LogP contribution >= 0.6 is 0 Å². The zero-order valence-electron chi connectivity index (χ0n) is 14.0. The first-order valence-corrected chi connectivity index (χ1v) is 7.98. The molecule has 0 aromatic heterocycles. The Morgan fingerprint density at radius 2 is 1.92 bits per heavy atom. The number of aromatic carboxylic acids is 1. The van der Waals surface area contributed by atoms with E-state index in [2.05, 4.69) is 0 Å². The molecular formula is C19H17NO6. The van der Waals surface area contributed by atoms with Gasteiger partial charge in [-0.25, -0.2) is 4.79 Å². The maximum absolute atomic E-state index is 12.8. The smallest absolute Gasteiger partial charge is 0.335 e. The number of amides is 1. The highest BCUT2D eigenvalue weighted by atomic mass is 16.5. The number of hydrogen-bond donors (Lipinski definition) is 2. The number of carboxylic acid groups (broad SMARTS) is 2. The molecule has 2 N–H and O–H groups in total. The number of nitrogens with zero attached hydrogens (tertiary/aromatic N) is 1. The van der Waals surface area contributed by atoms with Crippen LogP contribution in [0, 0.1) is 6.92 Å². The number of aliphatic carboxylic acids is 1. The summed E-state index contributed by atoms with van der Waals surface area (Å²) >= 11 is 0. The predicted molar refractivity (Wildman–Crippen MR) is 92.4 cm³/mol. The van der Waals surface area contributed by atoms with Crippen molar-refractivity contribution in [2.24, 2.45) is 0 Å². The topological polar surface area (TPSA) is 104 Å². The van der Waals surface area contributed by atoms with E-state index in [0.717, 1.165) is 5.56 Å². The van der Waals surface area contributed by atoms with Crippen LogP contribution < -0.4 is 9.64 Å². The van der Waals surface area contributed by atoms with Crippen LogP contribution in [0.25, 0.3) is 0 Å². The number of carbonyl (C=O) groups excluding carboxylic acids is 1. The van der Waals surface area contributed by atoms with Crippen LogP contribution in [0.15, 0.2) is 42.5 Å². The summed E-state index contributed by atoms with van der Waals surface area (Å²) in [5, 5.41) is 18.2. The van der Waals surface area contributed by atoms with E-state index in [1.807, 2.05) is 13.0 Å². The van der Waals surface area contributed by atoms with Crippen molar-refractivity contribution in [3.63, 3.8) is 0 Å². The molecule has 7 heteroatoms. The van der Waals surface area contributed by atoms with Gasteiger partial charge < -0.3 is 19.8 Å². The molecule has 1 atom stereocenters. The van der Waals surface area contributed by atoms with Crippen LogP contribution in [0.5, 0.6) is 5.75 Å². The Bertz CT molecular complexity index is 891. The molecule has 0 fully saturated rings. The van der Waals surface area contributed by atoms with Gasteiger partial charge >= 0.3 is 11.9 Å². The van der Waals surface area contributed by atoms with Crippen molar-refractivity contribution in [1.82, 2.24) is 0 Å². The Hall–Kier alpha value is -3.35. The standard InChI is InChI=1S/C19H17NO6/c1-11-5-6-14-15(7-11)26-16(9-17(21)22)18(23)20(14)10-12-3-2-4-13(8-12)19(24)25/h2-8,16H,9-10H2,1H3,(H,21,22)(H,24,25). The van der Waals surface area contributed by atoms with Gasteiger partial charge in [0.05, 0.1) is 24.2 Å².